The molecular weight excluding hydrogens is 360 g/mol. The highest BCUT2D eigenvalue weighted by molar-refractivity contribution is 7.92. The number of nitrogens with one attached hydrogen (secondary N) is 1. The Kier molecular flexibility index (Phi) is 7.02. The molecule has 2 aromatic rings. The van der Waals surface area contributed by atoms with Crippen molar-refractivity contribution in [3.8, 4) is 0 Å². The normalized spacial score (nSPS) is 11.4. The van der Waals surface area contributed by atoms with Crippen molar-refractivity contribution in [3.63, 3.8) is 0 Å². The summed E-state index contributed by atoms with van der Waals surface area (Å²) in [5, 5.41) is 2.82. The molecule has 5 nitrogen and oxygen atoms in total. The molecule has 0 aliphatic heterocycles. The van der Waals surface area contributed by atoms with Crippen molar-refractivity contribution in [2.45, 2.75) is 39.0 Å². The largest absolute Gasteiger partial charge is 0.355 e. The molecule has 0 fully saturated rings. The maximum atomic E-state index is 13.2. The summed E-state index contributed by atoms with van der Waals surface area (Å²) in [6.07, 6.45) is 0.848. The van der Waals surface area contributed by atoms with Crippen LogP contribution in [-0.4, -0.2) is 27.4 Å². The quantitative estimate of drug-likeness (QED) is 0.750. The van der Waals surface area contributed by atoms with Crippen LogP contribution in [-0.2, 0) is 14.8 Å². The molecule has 146 valence electrons. The van der Waals surface area contributed by atoms with Crippen LogP contribution in [0.15, 0.2) is 53.4 Å². The van der Waals surface area contributed by atoms with Gasteiger partial charge < -0.3 is 5.32 Å². The molecule has 0 heterocycles. The molecule has 1 amide bonds. The molecule has 0 aromatic heterocycles. The fourth-order valence-electron chi connectivity index (χ4n) is 2.60. The number of carbonyl (C=O) groups is 1. The van der Waals surface area contributed by atoms with Gasteiger partial charge >= 0.3 is 0 Å². The van der Waals surface area contributed by atoms with Gasteiger partial charge in [-0.2, -0.15) is 0 Å². The molecule has 2 rings (SSSR count). The molecule has 0 bridgehead atoms. The zero-order valence-electron chi connectivity index (χ0n) is 16.4. The number of anilines is 1. The number of benzene rings is 2. The van der Waals surface area contributed by atoms with Crippen LogP contribution in [0.1, 0.15) is 31.4 Å². The molecule has 0 unspecified atom stereocenters. The second-order valence-electron chi connectivity index (χ2n) is 7.13. The predicted molar refractivity (Wildman–Crippen MR) is 109 cm³/mol. The Morgan fingerprint density at radius 3 is 2.30 bits per heavy atom. The van der Waals surface area contributed by atoms with E-state index in [0.29, 0.717) is 18.2 Å². The Bertz CT molecular complexity index is 878. The lowest BCUT2D eigenvalue weighted by atomic mass is 10.1. The number of sulfonamides is 1. The van der Waals surface area contributed by atoms with Gasteiger partial charge in [-0.05, 0) is 61.6 Å². The summed E-state index contributed by atoms with van der Waals surface area (Å²) in [5.74, 6) is 0.155. The third-order valence-electron chi connectivity index (χ3n) is 4.44. The Labute approximate surface area is 162 Å². The number of aryl methyl sites for hydroxylation is 2. The van der Waals surface area contributed by atoms with Crippen molar-refractivity contribution in [2.24, 2.45) is 5.92 Å². The fraction of sp³-hybridized carbons (Fsp3) is 0.381. The zero-order chi connectivity index (χ0) is 20.0. The van der Waals surface area contributed by atoms with Gasteiger partial charge in [-0.3, -0.25) is 9.10 Å². The number of amides is 1. The van der Waals surface area contributed by atoms with Crippen molar-refractivity contribution in [1.82, 2.24) is 5.32 Å². The van der Waals surface area contributed by atoms with Gasteiger partial charge in [0.05, 0.1) is 10.6 Å². The molecule has 0 spiro atoms. The van der Waals surface area contributed by atoms with E-state index in [1.165, 1.54) is 4.31 Å². The Morgan fingerprint density at radius 2 is 1.70 bits per heavy atom. The lowest BCUT2D eigenvalue weighted by Crippen LogP contribution is -2.41. The van der Waals surface area contributed by atoms with Crippen molar-refractivity contribution < 1.29 is 13.2 Å². The average Bonchev–Trinajstić information content (AvgIpc) is 2.62. The summed E-state index contributed by atoms with van der Waals surface area (Å²) in [7, 11) is -3.85. The second-order valence-corrected chi connectivity index (χ2v) is 8.99. The van der Waals surface area contributed by atoms with E-state index in [1.807, 2.05) is 19.9 Å². The second kappa shape index (κ2) is 9.04. The lowest BCUT2D eigenvalue weighted by Gasteiger charge is -2.25. The molecule has 0 aliphatic rings. The first-order valence-electron chi connectivity index (χ1n) is 9.13. The minimum absolute atomic E-state index is 0.165. The van der Waals surface area contributed by atoms with Gasteiger partial charge in [0, 0.05) is 6.54 Å². The monoisotopic (exact) mass is 388 g/mol. The predicted octanol–water partition coefficient (Wildman–Crippen LogP) is 3.66. The maximum absolute atomic E-state index is 13.2. The highest BCUT2D eigenvalue weighted by Gasteiger charge is 2.27. The number of carbonyl (C=O) groups excluding carboxylic acids is 1. The van der Waals surface area contributed by atoms with E-state index in [2.05, 4.69) is 19.2 Å². The number of hydrogen-bond donors (Lipinski definition) is 1. The Morgan fingerprint density at radius 1 is 1.04 bits per heavy atom. The van der Waals surface area contributed by atoms with Crippen LogP contribution in [0, 0.1) is 19.8 Å². The zero-order valence-corrected chi connectivity index (χ0v) is 17.2. The standard InChI is InChI=1S/C21H28N2O3S/c1-16(2)12-13-22-21(24)15-23(19-11-10-17(3)18(4)14-19)27(25,26)20-8-6-5-7-9-20/h5-11,14,16H,12-13,15H2,1-4H3,(H,22,24). The first-order chi connectivity index (χ1) is 12.7. The van der Waals surface area contributed by atoms with Crippen LogP contribution in [0.5, 0.6) is 0 Å². The van der Waals surface area contributed by atoms with E-state index in [0.717, 1.165) is 17.5 Å². The average molecular weight is 389 g/mol. The van der Waals surface area contributed by atoms with E-state index in [4.69, 9.17) is 0 Å². The SMILES string of the molecule is Cc1ccc(N(CC(=O)NCCC(C)C)S(=O)(=O)c2ccccc2)cc1C. The summed E-state index contributed by atoms with van der Waals surface area (Å²) in [6, 6.07) is 13.6. The third-order valence-corrected chi connectivity index (χ3v) is 6.23. The summed E-state index contributed by atoms with van der Waals surface area (Å²) in [5.41, 5.74) is 2.53. The first-order valence-corrected chi connectivity index (χ1v) is 10.6. The summed E-state index contributed by atoms with van der Waals surface area (Å²) in [6.45, 7) is 8.32. The first kappa shape index (κ1) is 21.0. The van der Waals surface area contributed by atoms with E-state index < -0.39 is 10.0 Å². The Hall–Kier alpha value is -2.34. The highest BCUT2D eigenvalue weighted by Crippen LogP contribution is 2.25. The van der Waals surface area contributed by atoms with Crippen LogP contribution in [0.3, 0.4) is 0 Å². The van der Waals surface area contributed by atoms with Crippen LogP contribution in [0.4, 0.5) is 5.69 Å². The van der Waals surface area contributed by atoms with Gasteiger partial charge in [0.1, 0.15) is 6.54 Å². The Balaban J connectivity index is 2.34. The third kappa shape index (κ3) is 5.57. The number of rotatable bonds is 8. The molecule has 1 N–H and O–H groups in total. The molecule has 0 atom stereocenters. The van der Waals surface area contributed by atoms with Gasteiger partial charge in [-0.1, -0.05) is 38.1 Å². The van der Waals surface area contributed by atoms with Gasteiger partial charge in [0.2, 0.25) is 5.91 Å². The van der Waals surface area contributed by atoms with E-state index in [1.54, 1.807) is 42.5 Å². The van der Waals surface area contributed by atoms with Crippen molar-refractivity contribution in [1.29, 1.82) is 0 Å². The topological polar surface area (TPSA) is 66.5 Å². The van der Waals surface area contributed by atoms with Crippen LogP contribution in [0.25, 0.3) is 0 Å². The molecule has 27 heavy (non-hydrogen) atoms. The molecule has 0 saturated heterocycles. The van der Waals surface area contributed by atoms with Gasteiger partial charge in [-0.25, -0.2) is 8.42 Å². The number of nitrogens with zero attached hydrogens (tertiary/aromatic N) is 1. The minimum atomic E-state index is -3.85. The van der Waals surface area contributed by atoms with Crippen LogP contribution in [0.2, 0.25) is 0 Å². The number of hydrogen-bond acceptors (Lipinski definition) is 3. The van der Waals surface area contributed by atoms with E-state index in [-0.39, 0.29) is 17.3 Å². The minimum Gasteiger partial charge on any atom is -0.355 e. The maximum Gasteiger partial charge on any atom is 0.264 e. The van der Waals surface area contributed by atoms with Gasteiger partial charge in [0.15, 0.2) is 0 Å². The van der Waals surface area contributed by atoms with Gasteiger partial charge in [-0.15, -0.1) is 0 Å². The van der Waals surface area contributed by atoms with Crippen molar-refractivity contribution >= 4 is 21.6 Å². The summed E-state index contributed by atoms with van der Waals surface area (Å²) < 4.78 is 27.6. The van der Waals surface area contributed by atoms with E-state index >= 15 is 0 Å². The van der Waals surface area contributed by atoms with Crippen LogP contribution < -0.4 is 9.62 Å². The molecule has 0 aliphatic carbocycles. The summed E-state index contributed by atoms with van der Waals surface area (Å²) >= 11 is 0. The molecular formula is C21H28N2O3S. The van der Waals surface area contributed by atoms with Crippen molar-refractivity contribution in [2.75, 3.05) is 17.4 Å². The molecule has 0 saturated carbocycles. The molecule has 0 radical (unpaired) electrons. The fourth-order valence-corrected chi connectivity index (χ4v) is 4.04. The highest BCUT2D eigenvalue weighted by atomic mass is 32.2. The lowest BCUT2D eigenvalue weighted by molar-refractivity contribution is -0.119. The van der Waals surface area contributed by atoms with E-state index in [9.17, 15) is 13.2 Å². The summed E-state index contributed by atoms with van der Waals surface area (Å²) in [4.78, 5) is 12.6. The van der Waals surface area contributed by atoms with Crippen LogP contribution >= 0.6 is 0 Å². The van der Waals surface area contributed by atoms with Gasteiger partial charge in [0.25, 0.3) is 10.0 Å². The molecule has 6 heteroatoms. The van der Waals surface area contributed by atoms with Crippen molar-refractivity contribution in [3.05, 3.63) is 59.7 Å². The molecule has 2 aromatic carbocycles. The smallest absolute Gasteiger partial charge is 0.264 e.